The summed E-state index contributed by atoms with van der Waals surface area (Å²) in [5.41, 5.74) is 1.42. The SMILES string of the molecule is N#Cc1ccoc1CCC(=O)OCc1ccccc1. The number of nitriles is 1. The Hall–Kier alpha value is -2.54. The largest absolute Gasteiger partial charge is 0.468 e. The third-order valence-corrected chi connectivity index (χ3v) is 2.66. The minimum Gasteiger partial charge on any atom is -0.468 e. The van der Waals surface area contributed by atoms with Gasteiger partial charge < -0.3 is 9.15 Å². The van der Waals surface area contributed by atoms with Crippen LogP contribution in [-0.2, 0) is 22.6 Å². The number of aryl methyl sites for hydroxylation is 1. The molecule has 0 saturated heterocycles. The normalized spacial score (nSPS) is 9.84. The quantitative estimate of drug-likeness (QED) is 0.771. The van der Waals surface area contributed by atoms with E-state index in [9.17, 15) is 4.79 Å². The van der Waals surface area contributed by atoms with E-state index in [1.165, 1.54) is 6.26 Å². The van der Waals surface area contributed by atoms with Crippen LogP contribution >= 0.6 is 0 Å². The fourth-order valence-corrected chi connectivity index (χ4v) is 1.66. The zero-order valence-corrected chi connectivity index (χ0v) is 10.3. The van der Waals surface area contributed by atoms with Gasteiger partial charge in [-0.3, -0.25) is 4.79 Å². The number of benzene rings is 1. The second-order valence-electron chi connectivity index (χ2n) is 4.02. The first-order chi connectivity index (χ1) is 9.29. The van der Waals surface area contributed by atoms with E-state index in [4.69, 9.17) is 14.4 Å². The molecule has 0 aliphatic heterocycles. The van der Waals surface area contributed by atoms with Crippen LogP contribution in [0.2, 0.25) is 0 Å². The van der Waals surface area contributed by atoms with Gasteiger partial charge in [0.2, 0.25) is 0 Å². The number of carbonyl (C=O) groups excluding carboxylic acids is 1. The van der Waals surface area contributed by atoms with Gasteiger partial charge in [0.05, 0.1) is 18.2 Å². The van der Waals surface area contributed by atoms with Gasteiger partial charge in [0, 0.05) is 6.42 Å². The molecule has 0 fully saturated rings. The molecule has 0 bridgehead atoms. The summed E-state index contributed by atoms with van der Waals surface area (Å²) in [7, 11) is 0. The summed E-state index contributed by atoms with van der Waals surface area (Å²) in [4.78, 5) is 11.6. The van der Waals surface area contributed by atoms with Crippen LogP contribution in [0.5, 0.6) is 0 Å². The van der Waals surface area contributed by atoms with Gasteiger partial charge >= 0.3 is 5.97 Å². The highest BCUT2D eigenvalue weighted by Crippen LogP contribution is 2.12. The molecule has 4 heteroatoms. The Morgan fingerprint density at radius 1 is 1.26 bits per heavy atom. The Labute approximate surface area is 111 Å². The summed E-state index contributed by atoms with van der Waals surface area (Å²) in [5.74, 6) is 0.225. The molecule has 0 aliphatic carbocycles. The average Bonchev–Trinajstić information content (AvgIpc) is 2.91. The molecule has 2 aromatic rings. The zero-order chi connectivity index (χ0) is 13.5. The highest BCUT2D eigenvalue weighted by atomic mass is 16.5. The van der Waals surface area contributed by atoms with E-state index in [-0.39, 0.29) is 19.0 Å². The number of rotatable bonds is 5. The van der Waals surface area contributed by atoms with Crippen LogP contribution in [0.25, 0.3) is 0 Å². The van der Waals surface area contributed by atoms with E-state index in [2.05, 4.69) is 0 Å². The second kappa shape index (κ2) is 6.41. The smallest absolute Gasteiger partial charge is 0.306 e. The third kappa shape index (κ3) is 3.71. The summed E-state index contributed by atoms with van der Waals surface area (Å²) < 4.78 is 10.3. The van der Waals surface area contributed by atoms with Crippen LogP contribution in [0.1, 0.15) is 23.3 Å². The molecule has 0 amide bonds. The first kappa shape index (κ1) is 12.9. The van der Waals surface area contributed by atoms with Crippen molar-refractivity contribution in [1.29, 1.82) is 5.26 Å². The van der Waals surface area contributed by atoms with Crippen LogP contribution < -0.4 is 0 Å². The van der Waals surface area contributed by atoms with Crippen molar-refractivity contribution >= 4 is 5.97 Å². The van der Waals surface area contributed by atoms with Gasteiger partial charge in [-0.1, -0.05) is 30.3 Å². The van der Waals surface area contributed by atoms with Gasteiger partial charge in [-0.25, -0.2) is 0 Å². The molecule has 0 aliphatic rings. The second-order valence-corrected chi connectivity index (χ2v) is 4.02. The Balaban J connectivity index is 1.78. The van der Waals surface area contributed by atoms with E-state index >= 15 is 0 Å². The van der Waals surface area contributed by atoms with Gasteiger partial charge in [-0.05, 0) is 11.6 Å². The predicted octanol–water partition coefficient (Wildman–Crippen LogP) is 2.83. The zero-order valence-electron chi connectivity index (χ0n) is 10.3. The van der Waals surface area contributed by atoms with E-state index < -0.39 is 0 Å². The van der Waals surface area contributed by atoms with E-state index in [1.807, 2.05) is 36.4 Å². The lowest BCUT2D eigenvalue weighted by Crippen LogP contribution is -2.06. The highest BCUT2D eigenvalue weighted by Gasteiger charge is 2.09. The molecule has 1 heterocycles. The molecule has 0 atom stereocenters. The number of carbonyl (C=O) groups is 1. The molecule has 0 radical (unpaired) electrons. The van der Waals surface area contributed by atoms with Gasteiger partial charge in [0.15, 0.2) is 0 Å². The molecule has 1 aromatic carbocycles. The molecular weight excluding hydrogens is 242 g/mol. The van der Waals surface area contributed by atoms with Crippen molar-refractivity contribution in [3.8, 4) is 6.07 Å². The minimum absolute atomic E-state index is 0.203. The van der Waals surface area contributed by atoms with Gasteiger partial charge in [-0.2, -0.15) is 5.26 Å². The Morgan fingerprint density at radius 3 is 2.79 bits per heavy atom. The monoisotopic (exact) mass is 255 g/mol. The Morgan fingerprint density at radius 2 is 2.05 bits per heavy atom. The Kier molecular flexibility index (Phi) is 4.35. The van der Waals surface area contributed by atoms with Gasteiger partial charge in [0.25, 0.3) is 0 Å². The molecule has 19 heavy (non-hydrogen) atoms. The predicted molar refractivity (Wildman–Crippen MR) is 68.0 cm³/mol. The lowest BCUT2D eigenvalue weighted by Gasteiger charge is -2.04. The number of nitrogens with zero attached hydrogens (tertiary/aromatic N) is 1. The summed E-state index contributed by atoms with van der Waals surface area (Å²) in [6.07, 6.45) is 2.03. The first-order valence-electron chi connectivity index (χ1n) is 5.95. The molecule has 1 aromatic heterocycles. The lowest BCUT2D eigenvalue weighted by atomic mass is 10.2. The van der Waals surface area contributed by atoms with Gasteiger partial charge in [0.1, 0.15) is 18.4 Å². The molecule has 0 spiro atoms. The summed E-state index contributed by atoms with van der Waals surface area (Å²) in [5, 5.41) is 8.80. The first-order valence-corrected chi connectivity index (χ1v) is 5.95. The fourth-order valence-electron chi connectivity index (χ4n) is 1.66. The van der Waals surface area contributed by atoms with Crippen molar-refractivity contribution in [2.75, 3.05) is 0 Å². The van der Waals surface area contributed by atoms with Crippen LogP contribution in [-0.4, -0.2) is 5.97 Å². The van der Waals surface area contributed by atoms with Crippen molar-refractivity contribution in [2.24, 2.45) is 0 Å². The molecule has 96 valence electrons. The van der Waals surface area contributed by atoms with Crippen molar-refractivity contribution in [2.45, 2.75) is 19.4 Å². The number of hydrogen-bond donors (Lipinski definition) is 0. The number of furan rings is 1. The van der Waals surface area contributed by atoms with Crippen LogP contribution in [0, 0.1) is 11.3 Å². The van der Waals surface area contributed by atoms with E-state index in [0.29, 0.717) is 17.7 Å². The van der Waals surface area contributed by atoms with Crippen LogP contribution in [0.3, 0.4) is 0 Å². The third-order valence-electron chi connectivity index (χ3n) is 2.66. The minimum atomic E-state index is -0.302. The van der Waals surface area contributed by atoms with Crippen molar-refractivity contribution in [3.05, 3.63) is 59.5 Å². The summed E-state index contributed by atoms with van der Waals surface area (Å²) in [6, 6.07) is 13.1. The van der Waals surface area contributed by atoms with Crippen LogP contribution in [0.15, 0.2) is 47.1 Å². The molecule has 0 unspecified atom stereocenters. The summed E-state index contributed by atoms with van der Waals surface area (Å²) in [6.45, 7) is 0.267. The maximum absolute atomic E-state index is 11.6. The number of hydrogen-bond acceptors (Lipinski definition) is 4. The summed E-state index contributed by atoms with van der Waals surface area (Å²) >= 11 is 0. The fraction of sp³-hybridized carbons (Fsp3) is 0.200. The van der Waals surface area contributed by atoms with E-state index in [0.717, 1.165) is 5.56 Å². The average molecular weight is 255 g/mol. The molecule has 0 saturated carbocycles. The maximum Gasteiger partial charge on any atom is 0.306 e. The molecule has 2 rings (SSSR count). The standard InChI is InChI=1S/C15H13NO3/c16-10-13-8-9-18-14(13)6-7-15(17)19-11-12-4-2-1-3-5-12/h1-5,8-9H,6-7,11H2. The Bertz CT molecular complexity index is 581. The number of ether oxygens (including phenoxy) is 1. The molecular formula is C15H13NO3. The van der Waals surface area contributed by atoms with Crippen molar-refractivity contribution < 1.29 is 13.9 Å². The lowest BCUT2D eigenvalue weighted by molar-refractivity contribution is -0.145. The molecule has 0 N–H and O–H groups in total. The maximum atomic E-state index is 11.6. The van der Waals surface area contributed by atoms with Crippen LogP contribution in [0.4, 0.5) is 0 Å². The van der Waals surface area contributed by atoms with Crippen molar-refractivity contribution in [1.82, 2.24) is 0 Å². The highest BCUT2D eigenvalue weighted by molar-refractivity contribution is 5.69. The van der Waals surface area contributed by atoms with Crippen molar-refractivity contribution in [3.63, 3.8) is 0 Å². The van der Waals surface area contributed by atoms with Gasteiger partial charge in [-0.15, -0.1) is 0 Å². The topological polar surface area (TPSA) is 63.2 Å². The van der Waals surface area contributed by atoms with E-state index in [1.54, 1.807) is 6.07 Å². The number of esters is 1. The molecule has 4 nitrogen and oxygen atoms in total.